The minimum absolute atomic E-state index is 0.131. The van der Waals surface area contributed by atoms with E-state index in [9.17, 15) is 14.4 Å². The molecule has 1 amide bonds. The lowest BCUT2D eigenvalue weighted by molar-refractivity contribution is -0.121. The predicted molar refractivity (Wildman–Crippen MR) is 107 cm³/mol. The number of aliphatic hydroxyl groups is 1. The largest absolute Gasteiger partial charge is 0.490 e. The molecule has 160 valence electrons. The van der Waals surface area contributed by atoms with Crippen molar-refractivity contribution in [2.75, 3.05) is 64.2 Å². The van der Waals surface area contributed by atoms with E-state index in [0.29, 0.717) is 30.6 Å². The average Bonchev–Trinajstić information content (AvgIpc) is 2.75. The van der Waals surface area contributed by atoms with Gasteiger partial charge >= 0.3 is 0 Å². The third-order valence-electron chi connectivity index (χ3n) is 6.25. The Labute approximate surface area is 170 Å². The van der Waals surface area contributed by atoms with E-state index in [-0.39, 0.29) is 23.8 Å². The molecule has 7 nitrogen and oxygen atoms in total. The van der Waals surface area contributed by atoms with Crippen molar-refractivity contribution < 1.29 is 23.9 Å². The molecule has 1 aromatic carbocycles. The molecule has 0 aromatic heterocycles. The van der Waals surface area contributed by atoms with Crippen LogP contribution >= 0.6 is 0 Å². The number of morpholine rings is 1. The highest BCUT2D eigenvalue weighted by molar-refractivity contribution is 5.94. The number of rotatable bonds is 6. The van der Waals surface area contributed by atoms with Gasteiger partial charge in [0.25, 0.3) is 5.91 Å². The third kappa shape index (κ3) is 4.88. The number of benzene rings is 1. The van der Waals surface area contributed by atoms with Crippen LogP contribution in [-0.4, -0.2) is 85.5 Å². The van der Waals surface area contributed by atoms with E-state index < -0.39 is 11.5 Å². The number of hydrogen-bond donors (Lipinski definition) is 1. The van der Waals surface area contributed by atoms with Gasteiger partial charge in [-0.05, 0) is 31.4 Å². The highest BCUT2D eigenvalue weighted by Gasteiger charge is 2.34. The van der Waals surface area contributed by atoms with Gasteiger partial charge in [0.05, 0.1) is 18.9 Å². The lowest BCUT2D eigenvalue weighted by Gasteiger charge is -2.39. The molecule has 4 rings (SSSR count). The van der Waals surface area contributed by atoms with E-state index in [1.165, 1.54) is 0 Å². The highest BCUT2D eigenvalue weighted by Crippen LogP contribution is 2.35. The zero-order chi connectivity index (χ0) is 20.3. The van der Waals surface area contributed by atoms with E-state index in [2.05, 4.69) is 9.80 Å². The van der Waals surface area contributed by atoms with Crippen molar-refractivity contribution in [1.82, 2.24) is 9.80 Å². The number of hydrogen-bond acceptors (Lipinski definition) is 6. The fourth-order valence-corrected chi connectivity index (χ4v) is 4.25. The minimum Gasteiger partial charge on any atom is -0.490 e. The molecular weight excluding hydrogens is 377 g/mol. The molecule has 0 aliphatic carbocycles. The van der Waals surface area contributed by atoms with Crippen molar-refractivity contribution >= 4 is 11.6 Å². The van der Waals surface area contributed by atoms with E-state index in [1.807, 2.05) is 0 Å². The van der Waals surface area contributed by atoms with Crippen LogP contribution in [0.25, 0.3) is 0 Å². The second kappa shape index (κ2) is 8.95. The first-order valence-electron chi connectivity index (χ1n) is 10.5. The molecule has 1 aromatic rings. The standard InChI is InChI=1S/C21H30FN3O4/c22-25-18-2-1-3-19(17(18)4-5-20(25)26)29-16-21(27)6-8-23(9-7-21)10-11-24-12-14-28-15-13-24/h1-3,27H,4-16H2. The van der Waals surface area contributed by atoms with Gasteiger partial charge in [0.1, 0.15) is 18.0 Å². The SMILES string of the molecule is O=C1CCc2c(OCC3(O)CCN(CCN4CCOCC4)CC3)cccc2N1F. The van der Waals surface area contributed by atoms with E-state index in [0.717, 1.165) is 52.5 Å². The minimum atomic E-state index is -0.877. The number of nitrogens with zero attached hydrogens (tertiary/aromatic N) is 3. The van der Waals surface area contributed by atoms with Crippen molar-refractivity contribution in [3.63, 3.8) is 0 Å². The normalized spacial score (nSPS) is 23.1. The summed E-state index contributed by atoms with van der Waals surface area (Å²) in [4.78, 5) is 16.4. The lowest BCUT2D eigenvalue weighted by atomic mass is 9.92. The molecule has 3 heterocycles. The van der Waals surface area contributed by atoms with Gasteiger partial charge in [-0.1, -0.05) is 10.5 Å². The van der Waals surface area contributed by atoms with Crippen LogP contribution in [0.3, 0.4) is 0 Å². The van der Waals surface area contributed by atoms with Gasteiger partial charge in [-0.3, -0.25) is 9.69 Å². The zero-order valence-electron chi connectivity index (χ0n) is 16.8. The Morgan fingerprint density at radius 2 is 1.76 bits per heavy atom. The van der Waals surface area contributed by atoms with Crippen molar-refractivity contribution in [1.29, 1.82) is 0 Å². The number of ether oxygens (including phenoxy) is 2. The summed E-state index contributed by atoms with van der Waals surface area (Å²) in [6.07, 6.45) is 1.89. The smallest absolute Gasteiger partial charge is 0.255 e. The summed E-state index contributed by atoms with van der Waals surface area (Å²) in [5.74, 6) is 0.0264. The van der Waals surface area contributed by atoms with Crippen LogP contribution in [0.4, 0.5) is 10.2 Å². The third-order valence-corrected chi connectivity index (χ3v) is 6.25. The molecule has 3 aliphatic rings. The Morgan fingerprint density at radius 1 is 1.07 bits per heavy atom. The number of carbonyl (C=O) groups is 1. The monoisotopic (exact) mass is 407 g/mol. The van der Waals surface area contributed by atoms with Gasteiger partial charge in [-0.15, -0.1) is 5.12 Å². The number of halogens is 1. The molecule has 3 aliphatic heterocycles. The molecule has 0 atom stereocenters. The van der Waals surface area contributed by atoms with Crippen LogP contribution < -0.4 is 9.86 Å². The summed E-state index contributed by atoms with van der Waals surface area (Å²) >= 11 is 0. The molecule has 0 radical (unpaired) electrons. The Kier molecular flexibility index (Phi) is 6.34. The van der Waals surface area contributed by atoms with Crippen molar-refractivity contribution in [3.8, 4) is 5.75 Å². The maximum absolute atomic E-state index is 14.0. The number of carbonyl (C=O) groups excluding carboxylic acids is 1. The number of likely N-dealkylation sites (tertiary alicyclic amines) is 1. The summed E-state index contributed by atoms with van der Waals surface area (Å²) < 4.78 is 25.3. The summed E-state index contributed by atoms with van der Waals surface area (Å²) in [6.45, 7) is 7.51. The molecule has 1 N–H and O–H groups in total. The van der Waals surface area contributed by atoms with Crippen LogP contribution in [0.5, 0.6) is 5.75 Å². The first-order chi connectivity index (χ1) is 14.0. The van der Waals surface area contributed by atoms with Gasteiger partial charge in [-0.25, -0.2) is 0 Å². The quantitative estimate of drug-likeness (QED) is 0.719. The van der Waals surface area contributed by atoms with E-state index in [4.69, 9.17) is 9.47 Å². The Hall–Kier alpha value is -1.74. The molecule has 2 saturated heterocycles. The van der Waals surface area contributed by atoms with Crippen molar-refractivity contribution in [2.45, 2.75) is 31.3 Å². The fraction of sp³-hybridized carbons (Fsp3) is 0.667. The molecule has 29 heavy (non-hydrogen) atoms. The Bertz CT molecular complexity index is 718. The average molecular weight is 407 g/mol. The summed E-state index contributed by atoms with van der Waals surface area (Å²) in [7, 11) is 0. The number of fused-ring (bicyclic) bond motifs is 1. The molecule has 0 bridgehead atoms. The molecular formula is C21H30FN3O4. The highest BCUT2D eigenvalue weighted by atomic mass is 19.2. The molecule has 0 saturated carbocycles. The maximum Gasteiger partial charge on any atom is 0.255 e. The van der Waals surface area contributed by atoms with E-state index in [1.54, 1.807) is 18.2 Å². The number of amides is 1. The lowest BCUT2D eigenvalue weighted by Crippen LogP contribution is -2.50. The van der Waals surface area contributed by atoms with Crippen LogP contribution in [0.15, 0.2) is 18.2 Å². The second-order valence-corrected chi connectivity index (χ2v) is 8.24. The van der Waals surface area contributed by atoms with Crippen LogP contribution in [0.2, 0.25) is 0 Å². The van der Waals surface area contributed by atoms with E-state index >= 15 is 0 Å². The Balaban J connectivity index is 1.27. The van der Waals surface area contributed by atoms with Gasteiger partial charge < -0.3 is 19.5 Å². The summed E-state index contributed by atoms with van der Waals surface area (Å²) in [6, 6.07) is 5.04. The van der Waals surface area contributed by atoms with Gasteiger partial charge in [0.2, 0.25) is 0 Å². The first-order valence-corrected chi connectivity index (χ1v) is 10.5. The first kappa shape index (κ1) is 20.5. The number of piperidine rings is 1. The van der Waals surface area contributed by atoms with Crippen LogP contribution in [0, 0.1) is 0 Å². The van der Waals surface area contributed by atoms with Gasteiger partial charge in [0.15, 0.2) is 0 Å². The molecule has 0 spiro atoms. The molecule has 2 fully saturated rings. The summed E-state index contributed by atoms with van der Waals surface area (Å²) in [5.41, 5.74) is 0.0720. The Morgan fingerprint density at radius 3 is 2.48 bits per heavy atom. The van der Waals surface area contributed by atoms with Gasteiger partial charge in [0, 0.05) is 51.3 Å². The van der Waals surface area contributed by atoms with Crippen LogP contribution in [0.1, 0.15) is 24.8 Å². The topological polar surface area (TPSA) is 65.5 Å². The summed E-state index contributed by atoms with van der Waals surface area (Å²) in [5, 5.41) is 11.1. The van der Waals surface area contributed by atoms with Gasteiger partial charge in [-0.2, -0.15) is 0 Å². The zero-order valence-corrected chi connectivity index (χ0v) is 16.8. The molecule has 8 heteroatoms. The predicted octanol–water partition coefficient (Wildman–Crippen LogP) is 1.39. The van der Waals surface area contributed by atoms with Crippen molar-refractivity contribution in [3.05, 3.63) is 23.8 Å². The molecule has 0 unspecified atom stereocenters. The van der Waals surface area contributed by atoms with Crippen molar-refractivity contribution in [2.24, 2.45) is 0 Å². The second-order valence-electron chi connectivity index (χ2n) is 8.24. The number of anilines is 1. The van der Waals surface area contributed by atoms with Crippen LogP contribution in [-0.2, 0) is 16.0 Å². The fourth-order valence-electron chi connectivity index (χ4n) is 4.25. The maximum atomic E-state index is 14.0.